The van der Waals surface area contributed by atoms with Crippen LogP contribution in [0.25, 0.3) is 11.4 Å². The van der Waals surface area contributed by atoms with Crippen molar-refractivity contribution in [2.75, 3.05) is 0 Å². The molecule has 0 aliphatic heterocycles. The van der Waals surface area contributed by atoms with E-state index in [4.69, 9.17) is 0 Å². The first kappa shape index (κ1) is 17.9. The second-order valence-electron chi connectivity index (χ2n) is 7.08. The summed E-state index contributed by atoms with van der Waals surface area (Å²) in [5.41, 5.74) is 2.78. The standard InChI is InChI=1S/C21H24N4O/c1-15-9-8-12-17(13-15)21(2,3)22-19(26)14-18-23-24-20(25(18)4)16-10-6-5-7-11-16/h5-13H,14H2,1-4H3,(H,22,26). The minimum atomic E-state index is -0.454. The van der Waals surface area contributed by atoms with Gasteiger partial charge in [-0.15, -0.1) is 10.2 Å². The Morgan fingerprint density at radius 1 is 1.08 bits per heavy atom. The molecule has 0 radical (unpaired) electrons. The van der Waals surface area contributed by atoms with Crippen LogP contribution in [0.5, 0.6) is 0 Å². The summed E-state index contributed by atoms with van der Waals surface area (Å²) in [6.07, 6.45) is 0.186. The van der Waals surface area contributed by atoms with Crippen molar-refractivity contribution in [1.29, 1.82) is 0 Å². The number of aryl methyl sites for hydroxylation is 1. The molecule has 0 atom stereocenters. The smallest absolute Gasteiger partial charge is 0.228 e. The molecule has 2 aromatic carbocycles. The monoisotopic (exact) mass is 348 g/mol. The van der Waals surface area contributed by atoms with Crippen LogP contribution >= 0.6 is 0 Å². The average Bonchev–Trinajstić information content (AvgIpc) is 2.96. The van der Waals surface area contributed by atoms with Crippen molar-refractivity contribution < 1.29 is 4.79 Å². The quantitative estimate of drug-likeness (QED) is 0.769. The minimum absolute atomic E-state index is 0.0772. The highest BCUT2D eigenvalue weighted by atomic mass is 16.1. The first-order chi connectivity index (χ1) is 12.4. The fraction of sp³-hybridized carbons (Fsp3) is 0.286. The number of hydrogen-bond acceptors (Lipinski definition) is 3. The van der Waals surface area contributed by atoms with E-state index in [0.717, 1.165) is 17.0 Å². The van der Waals surface area contributed by atoms with Gasteiger partial charge in [-0.25, -0.2) is 0 Å². The number of nitrogens with zero attached hydrogens (tertiary/aromatic N) is 3. The first-order valence-corrected chi connectivity index (χ1v) is 8.68. The molecule has 26 heavy (non-hydrogen) atoms. The van der Waals surface area contributed by atoms with E-state index in [1.165, 1.54) is 5.56 Å². The van der Waals surface area contributed by atoms with Crippen molar-refractivity contribution in [1.82, 2.24) is 20.1 Å². The van der Waals surface area contributed by atoms with E-state index in [9.17, 15) is 4.79 Å². The number of benzene rings is 2. The fourth-order valence-corrected chi connectivity index (χ4v) is 3.00. The molecule has 1 heterocycles. The van der Waals surface area contributed by atoms with Crippen LogP contribution in [0.4, 0.5) is 0 Å². The summed E-state index contributed by atoms with van der Waals surface area (Å²) in [6, 6.07) is 18.0. The molecule has 1 N–H and O–H groups in total. The summed E-state index contributed by atoms with van der Waals surface area (Å²) in [7, 11) is 1.89. The van der Waals surface area contributed by atoms with Crippen LogP contribution in [0.1, 0.15) is 30.8 Å². The lowest BCUT2D eigenvalue weighted by atomic mass is 9.93. The van der Waals surface area contributed by atoms with E-state index in [1.54, 1.807) is 0 Å². The molecule has 0 bridgehead atoms. The van der Waals surface area contributed by atoms with Gasteiger partial charge in [0, 0.05) is 12.6 Å². The first-order valence-electron chi connectivity index (χ1n) is 8.68. The molecule has 0 aliphatic carbocycles. The van der Waals surface area contributed by atoms with Gasteiger partial charge in [0.1, 0.15) is 5.82 Å². The topological polar surface area (TPSA) is 59.8 Å². The van der Waals surface area contributed by atoms with Crippen LogP contribution in [0.3, 0.4) is 0 Å². The van der Waals surface area contributed by atoms with E-state index in [2.05, 4.69) is 21.6 Å². The van der Waals surface area contributed by atoms with E-state index >= 15 is 0 Å². The summed E-state index contributed by atoms with van der Waals surface area (Å²) in [5.74, 6) is 1.32. The third-order valence-electron chi connectivity index (χ3n) is 4.51. The molecule has 5 nitrogen and oxygen atoms in total. The van der Waals surface area contributed by atoms with Gasteiger partial charge in [-0.1, -0.05) is 60.2 Å². The fourth-order valence-electron chi connectivity index (χ4n) is 3.00. The van der Waals surface area contributed by atoms with Crippen molar-refractivity contribution in [3.8, 4) is 11.4 Å². The van der Waals surface area contributed by atoms with Gasteiger partial charge in [0.25, 0.3) is 0 Å². The maximum Gasteiger partial charge on any atom is 0.228 e. The van der Waals surface area contributed by atoms with Crippen LogP contribution < -0.4 is 5.32 Å². The molecular formula is C21H24N4O. The second-order valence-corrected chi connectivity index (χ2v) is 7.08. The van der Waals surface area contributed by atoms with Gasteiger partial charge in [-0.3, -0.25) is 4.79 Å². The van der Waals surface area contributed by atoms with Gasteiger partial charge < -0.3 is 9.88 Å². The molecule has 1 aromatic heterocycles. The van der Waals surface area contributed by atoms with Gasteiger partial charge >= 0.3 is 0 Å². The predicted octanol–water partition coefficient (Wildman–Crippen LogP) is 3.38. The Kier molecular flexibility index (Phi) is 4.89. The van der Waals surface area contributed by atoms with Crippen molar-refractivity contribution in [2.24, 2.45) is 7.05 Å². The maximum atomic E-state index is 12.6. The Bertz CT molecular complexity index is 913. The van der Waals surface area contributed by atoms with E-state index < -0.39 is 5.54 Å². The predicted molar refractivity (Wildman–Crippen MR) is 102 cm³/mol. The van der Waals surface area contributed by atoms with Crippen molar-refractivity contribution >= 4 is 5.91 Å². The van der Waals surface area contributed by atoms with Gasteiger partial charge in [0.15, 0.2) is 5.82 Å². The molecule has 3 aromatic rings. The molecule has 0 saturated carbocycles. The zero-order chi connectivity index (χ0) is 18.7. The molecule has 0 aliphatic rings. The second kappa shape index (κ2) is 7.12. The number of hydrogen-bond donors (Lipinski definition) is 1. The van der Waals surface area contributed by atoms with Gasteiger partial charge in [-0.05, 0) is 26.3 Å². The lowest BCUT2D eigenvalue weighted by molar-refractivity contribution is -0.122. The number of aromatic nitrogens is 3. The third kappa shape index (κ3) is 3.82. The highest BCUT2D eigenvalue weighted by Gasteiger charge is 2.24. The van der Waals surface area contributed by atoms with E-state index in [0.29, 0.717) is 5.82 Å². The van der Waals surface area contributed by atoms with Crippen molar-refractivity contribution in [3.05, 3.63) is 71.5 Å². The third-order valence-corrected chi connectivity index (χ3v) is 4.51. The molecule has 5 heteroatoms. The van der Waals surface area contributed by atoms with Crippen LogP contribution in [0.2, 0.25) is 0 Å². The summed E-state index contributed by atoms with van der Waals surface area (Å²) >= 11 is 0. The van der Waals surface area contributed by atoms with Crippen LogP contribution in [0, 0.1) is 6.92 Å². The Morgan fingerprint density at radius 2 is 1.81 bits per heavy atom. The molecule has 0 saturated heterocycles. The Morgan fingerprint density at radius 3 is 2.50 bits per heavy atom. The van der Waals surface area contributed by atoms with Crippen molar-refractivity contribution in [2.45, 2.75) is 32.7 Å². The molecule has 1 amide bonds. The molecule has 0 unspecified atom stereocenters. The van der Waals surface area contributed by atoms with E-state index in [-0.39, 0.29) is 12.3 Å². The summed E-state index contributed by atoms with van der Waals surface area (Å²) in [4.78, 5) is 12.6. The van der Waals surface area contributed by atoms with Gasteiger partial charge in [-0.2, -0.15) is 0 Å². The van der Waals surface area contributed by atoms with Crippen LogP contribution in [-0.2, 0) is 23.8 Å². The van der Waals surface area contributed by atoms with Crippen LogP contribution in [0.15, 0.2) is 54.6 Å². The SMILES string of the molecule is Cc1cccc(C(C)(C)NC(=O)Cc2nnc(-c3ccccc3)n2C)c1. The molecule has 134 valence electrons. The summed E-state index contributed by atoms with van der Waals surface area (Å²) in [5, 5.41) is 11.5. The molecule has 0 fully saturated rings. The number of rotatable bonds is 5. The van der Waals surface area contributed by atoms with Gasteiger partial charge in [0.2, 0.25) is 5.91 Å². The van der Waals surface area contributed by atoms with Crippen molar-refractivity contribution in [3.63, 3.8) is 0 Å². The summed E-state index contributed by atoms with van der Waals surface area (Å²) in [6.45, 7) is 6.06. The van der Waals surface area contributed by atoms with E-state index in [1.807, 2.05) is 80.9 Å². The molecular weight excluding hydrogens is 324 g/mol. The zero-order valence-corrected chi connectivity index (χ0v) is 15.7. The Hall–Kier alpha value is -2.95. The summed E-state index contributed by atoms with van der Waals surface area (Å²) < 4.78 is 1.87. The number of carbonyl (C=O) groups excluding carboxylic acids is 1. The highest BCUT2D eigenvalue weighted by molar-refractivity contribution is 5.79. The van der Waals surface area contributed by atoms with Crippen LogP contribution in [-0.4, -0.2) is 20.7 Å². The Labute approximate surface area is 154 Å². The number of carbonyl (C=O) groups is 1. The lowest BCUT2D eigenvalue weighted by Crippen LogP contribution is -2.42. The maximum absolute atomic E-state index is 12.6. The zero-order valence-electron chi connectivity index (χ0n) is 15.7. The highest BCUT2D eigenvalue weighted by Crippen LogP contribution is 2.21. The molecule has 0 spiro atoms. The van der Waals surface area contributed by atoms with Gasteiger partial charge in [0.05, 0.1) is 12.0 Å². The average molecular weight is 348 g/mol. The lowest BCUT2D eigenvalue weighted by Gasteiger charge is -2.27. The largest absolute Gasteiger partial charge is 0.347 e. The minimum Gasteiger partial charge on any atom is -0.347 e. The normalized spacial score (nSPS) is 11.4. The Balaban J connectivity index is 1.74. The number of amides is 1. The number of nitrogens with one attached hydrogen (secondary N) is 1. The molecule has 3 rings (SSSR count).